The van der Waals surface area contributed by atoms with Crippen LogP contribution in [-0.4, -0.2) is 34.2 Å². The summed E-state index contributed by atoms with van der Waals surface area (Å²) >= 11 is 9.67. The average molecular weight is 396 g/mol. The Kier molecular flexibility index (Phi) is 4.60. The Bertz CT molecular complexity index is 793. The molecule has 0 saturated carbocycles. The first-order valence-corrected chi connectivity index (χ1v) is 8.52. The van der Waals surface area contributed by atoms with Gasteiger partial charge in [-0.1, -0.05) is 34.1 Å². The molecule has 0 N–H and O–H groups in total. The molecule has 23 heavy (non-hydrogen) atoms. The van der Waals surface area contributed by atoms with Crippen LogP contribution in [0.15, 0.2) is 41.5 Å². The van der Waals surface area contributed by atoms with E-state index in [1.807, 2.05) is 22.8 Å². The van der Waals surface area contributed by atoms with Gasteiger partial charge in [-0.05, 0) is 24.3 Å². The molecule has 1 aromatic carbocycles. The van der Waals surface area contributed by atoms with Gasteiger partial charge in [0.05, 0.1) is 17.1 Å². The molecule has 1 aliphatic heterocycles. The molecular formula is C17H16BrClN2O2. The number of fused-ring (bicyclic) bond motifs is 1. The van der Waals surface area contributed by atoms with Crippen LogP contribution in [0.3, 0.4) is 0 Å². The van der Waals surface area contributed by atoms with Crippen molar-refractivity contribution in [3.05, 3.63) is 46.5 Å². The van der Waals surface area contributed by atoms with E-state index in [1.54, 1.807) is 11.1 Å². The van der Waals surface area contributed by atoms with E-state index < -0.39 is 0 Å². The Balaban J connectivity index is 1.63. The minimum Gasteiger partial charge on any atom is -0.339 e. The Morgan fingerprint density at radius 1 is 1.39 bits per heavy atom. The number of likely N-dealkylation sites (tertiary alicyclic amines) is 1. The van der Waals surface area contributed by atoms with E-state index in [1.165, 1.54) is 6.08 Å². The maximum absolute atomic E-state index is 12.3. The topological polar surface area (TPSA) is 42.3 Å². The molecule has 1 amide bonds. The van der Waals surface area contributed by atoms with Crippen molar-refractivity contribution in [1.29, 1.82) is 0 Å². The van der Waals surface area contributed by atoms with Crippen LogP contribution in [0.25, 0.3) is 10.9 Å². The van der Waals surface area contributed by atoms with Crippen LogP contribution >= 0.6 is 27.5 Å². The highest BCUT2D eigenvalue weighted by molar-refractivity contribution is 9.10. The lowest BCUT2D eigenvalue weighted by Gasteiger charge is -2.38. The van der Waals surface area contributed by atoms with Crippen molar-refractivity contribution >= 4 is 50.1 Å². The van der Waals surface area contributed by atoms with Crippen LogP contribution < -0.4 is 0 Å². The molecule has 1 aliphatic rings. The summed E-state index contributed by atoms with van der Waals surface area (Å²) in [5, 5.41) is 1.57. The largest absolute Gasteiger partial charge is 0.339 e. The highest BCUT2D eigenvalue weighted by atomic mass is 79.9. The summed E-state index contributed by atoms with van der Waals surface area (Å²) in [5.41, 5.74) is 0.948. The molecule has 0 atom stereocenters. The van der Waals surface area contributed by atoms with Gasteiger partial charge in [0, 0.05) is 41.5 Å². The van der Waals surface area contributed by atoms with E-state index in [9.17, 15) is 9.59 Å². The van der Waals surface area contributed by atoms with Crippen molar-refractivity contribution in [2.75, 3.05) is 13.1 Å². The van der Waals surface area contributed by atoms with Crippen LogP contribution in [0.2, 0.25) is 5.02 Å². The quantitative estimate of drug-likeness (QED) is 0.725. The third kappa shape index (κ3) is 3.35. The van der Waals surface area contributed by atoms with Crippen molar-refractivity contribution in [1.82, 2.24) is 9.47 Å². The Morgan fingerprint density at radius 3 is 2.83 bits per heavy atom. The first-order valence-electron chi connectivity index (χ1n) is 7.35. The molecular weight excluding hydrogens is 380 g/mol. The summed E-state index contributed by atoms with van der Waals surface area (Å²) < 4.78 is 2.84. The summed E-state index contributed by atoms with van der Waals surface area (Å²) in [6.07, 6.45) is 3.59. The Hall–Kier alpha value is -1.59. The maximum Gasteiger partial charge on any atom is 0.245 e. The fourth-order valence-electron chi connectivity index (χ4n) is 2.94. The highest BCUT2D eigenvalue weighted by Crippen LogP contribution is 2.29. The molecule has 2 heterocycles. The van der Waals surface area contributed by atoms with Crippen LogP contribution in [0.5, 0.6) is 0 Å². The highest BCUT2D eigenvalue weighted by Gasteiger charge is 2.30. The van der Waals surface area contributed by atoms with E-state index in [-0.39, 0.29) is 17.6 Å². The standard InChI is InChI=1S/C17H16BrClN2O2/c1-2-17(23)21-7-11(8-21)5-13(22)9-20-10-15(19)14-6-12(18)3-4-16(14)20/h2-4,6,10-11H,1,5,7-9H2. The fraction of sp³-hybridized carbons (Fsp3) is 0.294. The van der Waals surface area contributed by atoms with Crippen molar-refractivity contribution in [3.8, 4) is 0 Å². The monoisotopic (exact) mass is 394 g/mol. The van der Waals surface area contributed by atoms with E-state index in [0.717, 1.165) is 15.4 Å². The molecule has 1 saturated heterocycles. The average Bonchev–Trinajstić information content (AvgIpc) is 2.77. The Morgan fingerprint density at radius 2 is 2.13 bits per heavy atom. The van der Waals surface area contributed by atoms with E-state index in [4.69, 9.17) is 11.6 Å². The molecule has 0 radical (unpaired) electrons. The summed E-state index contributed by atoms with van der Waals surface area (Å²) in [4.78, 5) is 25.4. The number of carbonyl (C=O) groups excluding carboxylic acids is 2. The SMILES string of the molecule is C=CC(=O)N1CC(CC(=O)Cn2cc(Cl)c3cc(Br)ccc32)C1. The molecule has 0 spiro atoms. The predicted molar refractivity (Wildman–Crippen MR) is 94.5 cm³/mol. The molecule has 120 valence electrons. The first-order chi connectivity index (χ1) is 11.0. The summed E-state index contributed by atoms with van der Waals surface area (Å²) in [6.45, 7) is 5.04. The number of Topliss-reactive ketones (excluding diaryl/α,β-unsaturated/α-hetero) is 1. The number of nitrogens with zero attached hydrogens (tertiary/aromatic N) is 2. The van der Waals surface area contributed by atoms with Crippen molar-refractivity contribution in [2.45, 2.75) is 13.0 Å². The number of carbonyl (C=O) groups is 2. The lowest BCUT2D eigenvalue weighted by atomic mass is 9.94. The molecule has 6 heteroatoms. The smallest absolute Gasteiger partial charge is 0.245 e. The second-order valence-electron chi connectivity index (χ2n) is 5.82. The molecule has 4 nitrogen and oxygen atoms in total. The molecule has 0 aliphatic carbocycles. The second-order valence-corrected chi connectivity index (χ2v) is 7.15. The van der Waals surface area contributed by atoms with Gasteiger partial charge in [-0.2, -0.15) is 0 Å². The van der Waals surface area contributed by atoms with E-state index in [2.05, 4.69) is 22.5 Å². The zero-order valence-corrected chi connectivity index (χ0v) is 14.8. The van der Waals surface area contributed by atoms with E-state index >= 15 is 0 Å². The van der Waals surface area contributed by atoms with Gasteiger partial charge in [0.15, 0.2) is 5.78 Å². The fourth-order valence-corrected chi connectivity index (χ4v) is 3.57. The zero-order chi connectivity index (χ0) is 16.6. The van der Waals surface area contributed by atoms with Gasteiger partial charge in [-0.25, -0.2) is 0 Å². The molecule has 0 unspecified atom stereocenters. The van der Waals surface area contributed by atoms with Gasteiger partial charge in [0.2, 0.25) is 5.91 Å². The number of halogens is 2. The second kappa shape index (κ2) is 6.49. The summed E-state index contributed by atoms with van der Waals surface area (Å²) in [5.74, 6) is 0.331. The zero-order valence-electron chi connectivity index (χ0n) is 12.5. The molecule has 1 fully saturated rings. The van der Waals surface area contributed by atoms with Crippen LogP contribution in [-0.2, 0) is 16.1 Å². The predicted octanol–water partition coefficient (Wildman–Crippen LogP) is 3.66. The number of ketones is 1. The Labute approximate surface area is 147 Å². The third-order valence-electron chi connectivity index (χ3n) is 4.10. The van der Waals surface area contributed by atoms with Crippen LogP contribution in [0, 0.1) is 5.92 Å². The maximum atomic E-state index is 12.3. The van der Waals surface area contributed by atoms with Gasteiger partial charge in [-0.15, -0.1) is 0 Å². The lowest BCUT2D eigenvalue weighted by molar-refractivity contribution is -0.134. The van der Waals surface area contributed by atoms with Gasteiger partial charge in [0.25, 0.3) is 0 Å². The molecule has 1 aromatic heterocycles. The minimum absolute atomic E-state index is 0.0672. The van der Waals surface area contributed by atoms with Crippen molar-refractivity contribution < 1.29 is 9.59 Å². The van der Waals surface area contributed by atoms with Crippen molar-refractivity contribution in [2.24, 2.45) is 5.92 Å². The lowest BCUT2D eigenvalue weighted by Crippen LogP contribution is -2.50. The number of hydrogen-bond donors (Lipinski definition) is 0. The third-order valence-corrected chi connectivity index (χ3v) is 4.90. The first kappa shape index (κ1) is 16.3. The normalized spacial score (nSPS) is 14.8. The number of hydrogen-bond acceptors (Lipinski definition) is 2. The van der Waals surface area contributed by atoms with Gasteiger partial charge in [-0.3, -0.25) is 9.59 Å². The number of rotatable bonds is 5. The number of aromatic nitrogens is 1. The van der Waals surface area contributed by atoms with Crippen molar-refractivity contribution in [3.63, 3.8) is 0 Å². The summed E-state index contributed by atoms with van der Waals surface area (Å²) in [6, 6.07) is 5.83. The number of benzene rings is 1. The summed E-state index contributed by atoms with van der Waals surface area (Å²) in [7, 11) is 0. The van der Waals surface area contributed by atoms with Gasteiger partial charge in [0.1, 0.15) is 0 Å². The van der Waals surface area contributed by atoms with Crippen LogP contribution in [0.1, 0.15) is 6.42 Å². The molecule has 2 aromatic rings. The van der Waals surface area contributed by atoms with Gasteiger partial charge >= 0.3 is 0 Å². The van der Waals surface area contributed by atoms with Crippen LogP contribution in [0.4, 0.5) is 0 Å². The molecule has 0 bridgehead atoms. The van der Waals surface area contributed by atoms with E-state index in [0.29, 0.717) is 31.1 Å². The minimum atomic E-state index is -0.0672. The number of amides is 1. The van der Waals surface area contributed by atoms with Gasteiger partial charge < -0.3 is 9.47 Å². The molecule has 3 rings (SSSR count).